The number of hydrogen-bond acceptors (Lipinski definition) is 6. The molecule has 3 aromatic rings. The number of rotatable bonds is 6. The van der Waals surface area contributed by atoms with E-state index in [1.54, 1.807) is 22.5 Å². The highest BCUT2D eigenvalue weighted by molar-refractivity contribution is 7.98. The summed E-state index contributed by atoms with van der Waals surface area (Å²) in [7, 11) is 0. The number of amides is 2. The van der Waals surface area contributed by atoms with E-state index in [1.807, 2.05) is 24.3 Å². The Morgan fingerprint density at radius 2 is 2.17 bits per heavy atom. The van der Waals surface area contributed by atoms with Gasteiger partial charge < -0.3 is 19.8 Å². The van der Waals surface area contributed by atoms with Gasteiger partial charge in [0.05, 0.1) is 11.8 Å². The first-order chi connectivity index (χ1) is 14.7. The molecular weight excluding hydrogens is 404 g/mol. The highest BCUT2D eigenvalue weighted by atomic mass is 32.2. The Bertz CT molecular complexity index is 1070. The molecule has 1 saturated heterocycles. The second-order valence-electron chi connectivity index (χ2n) is 7.47. The maximum atomic E-state index is 12.8. The van der Waals surface area contributed by atoms with Crippen LogP contribution in [0.15, 0.2) is 34.7 Å². The van der Waals surface area contributed by atoms with Gasteiger partial charge in [0, 0.05) is 35.6 Å². The van der Waals surface area contributed by atoms with E-state index in [2.05, 4.69) is 15.7 Å². The van der Waals surface area contributed by atoms with E-state index in [-0.39, 0.29) is 30.2 Å². The third-order valence-corrected chi connectivity index (χ3v) is 6.31. The van der Waals surface area contributed by atoms with E-state index in [1.165, 1.54) is 0 Å². The number of nitrogens with zero attached hydrogens (tertiary/aromatic N) is 2. The van der Waals surface area contributed by atoms with Gasteiger partial charge in [-0.15, -0.1) is 0 Å². The molecule has 1 fully saturated rings. The lowest BCUT2D eigenvalue weighted by Gasteiger charge is -2.13. The quantitative estimate of drug-likeness (QED) is 0.629. The fraction of sp³-hybridized carbons (Fsp3) is 0.381. The summed E-state index contributed by atoms with van der Waals surface area (Å²) in [4.78, 5) is 25.3. The van der Waals surface area contributed by atoms with Gasteiger partial charge in [-0.25, -0.2) is 4.68 Å². The summed E-state index contributed by atoms with van der Waals surface area (Å²) in [5.74, 6) is 1.81. The van der Waals surface area contributed by atoms with Gasteiger partial charge in [-0.05, 0) is 25.0 Å². The van der Waals surface area contributed by atoms with Crippen LogP contribution in [0.1, 0.15) is 34.7 Å². The fourth-order valence-corrected chi connectivity index (χ4v) is 4.84. The number of fused-ring (bicyclic) bond motifs is 2. The lowest BCUT2D eigenvalue weighted by atomic mass is 10.2. The summed E-state index contributed by atoms with van der Waals surface area (Å²) in [5, 5.41) is 11.3. The molecular formula is C21H22N4O4S. The summed E-state index contributed by atoms with van der Waals surface area (Å²) in [6.45, 7) is 1.29. The van der Waals surface area contributed by atoms with Gasteiger partial charge in [0.2, 0.25) is 5.91 Å². The third-order valence-electron chi connectivity index (χ3n) is 5.34. The normalized spacial score (nSPS) is 17.9. The number of aromatic nitrogens is 2. The van der Waals surface area contributed by atoms with Crippen LogP contribution in [-0.4, -0.2) is 40.9 Å². The minimum absolute atomic E-state index is 0.0418. The van der Waals surface area contributed by atoms with Crippen LogP contribution in [0.5, 0.6) is 0 Å². The van der Waals surface area contributed by atoms with Crippen LogP contribution in [0.3, 0.4) is 0 Å². The first kappa shape index (κ1) is 19.2. The fourth-order valence-electron chi connectivity index (χ4n) is 3.81. The molecule has 0 unspecified atom stereocenters. The molecule has 0 bridgehead atoms. The van der Waals surface area contributed by atoms with Crippen molar-refractivity contribution >= 4 is 40.4 Å². The van der Waals surface area contributed by atoms with Crippen molar-refractivity contribution in [1.82, 2.24) is 15.1 Å². The summed E-state index contributed by atoms with van der Waals surface area (Å²) >= 11 is 1.74. The molecule has 8 nitrogen and oxygen atoms in total. The van der Waals surface area contributed by atoms with E-state index >= 15 is 0 Å². The molecule has 0 aliphatic carbocycles. The Kier molecular flexibility index (Phi) is 5.22. The number of carbonyl (C=O) groups is 2. The molecule has 0 spiro atoms. The standard InChI is InChI=1S/C21H22N4O4S/c26-19(22-9-14-5-3-7-28-14)10-25-20(15-11-30-12-16(15)24-25)23-21(27)18-8-13-4-1-2-6-17(13)29-18/h1-2,4,6,8,14H,3,5,7,9-12H2,(H,22,26)(H,23,27)/t14-/m1/s1. The summed E-state index contributed by atoms with van der Waals surface area (Å²) in [6.07, 6.45) is 2.08. The Hall–Kier alpha value is -2.78. The first-order valence-electron chi connectivity index (χ1n) is 10.0. The zero-order valence-corrected chi connectivity index (χ0v) is 17.2. The van der Waals surface area contributed by atoms with E-state index < -0.39 is 0 Å². The number of benzene rings is 1. The average molecular weight is 426 g/mol. The zero-order chi connectivity index (χ0) is 20.5. The Morgan fingerprint density at radius 1 is 1.27 bits per heavy atom. The minimum atomic E-state index is -0.355. The number of ether oxygens (including phenoxy) is 1. The van der Waals surface area contributed by atoms with Gasteiger partial charge in [0.1, 0.15) is 17.9 Å². The topological polar surface area (TPSA) is 98.4 Å². The first-order valence-corrected chi connectivity index (χ1v) is 11.2. The maximum absolute atomic E-state index is 12.8. The maximum Gasteiger partial charge on any atom is 0.292 e. The lowest BCUT2D eigenvalue weighted by molar-refractivity contribution is -0.122. The summed E-state index contributed by atoms with van der Waals surface area (Å²) < 4.78 is 12.8. The molecule has 2 aromatic heterocycles. The largest absolute Gasteiger partial charge is 0.451 e. The summed E-state index contributed by atoms with van der Waals surface area (Å²) in [5.41, 5.74) is 2.54. The minimum Gasteiger partial charge on any atom is -0.451 e. The average Bonchev–Trinajstić information content (AvgIpc) is 3.52. The van der Waals surface area contributed by atoms with Crippen LogP contribution in [0.4, 0.5) is 5.82 Å². The Labute approximate surface area is 177 Å². The zero-order valence-electron chi connectivity index (χ0n) is 16.3. The molecule has 2 amide bonds. The Balaban J connectivity index is 1.32. The number of anilines is 1. The molecule has 5 rings (SSSR count). The van der Waals surface area contributed by atoms with Crippen LogP contribution in [0.2, 0.25) is 0 Å². The molecule has 9 heteroatoms. The summed E-state index contributed by atoms with van der Waals surface area (Å²) in [6, 6.07) is 9.19. The van der Waals surface area contributed by atoms with Gasteiger partial charge in [0.25, 0.3) is 5.91 Å². The second-order valence-corrected chi connectivity index (χ2v) is 8.45. The van der Waals surface area contributed by atoms with Crippen LogP contribution in [0.25, 0.3) is 11.0 Å². The van der Waals surface area contributed by atoms with E-state index in [0.717, 1.165) is 47.6 Å². The van der Waals surface area contributed by atoms with Gasteiger partial charge in [0.15, 0.2) is 5.76 Å². The smallest absolute Gasteiger partial charge is 0.292 e. The van der Waals surface area contributed by atoms with Gasteiger partial charge in [-0.2, -0.15) is 16.9 Å². The van der Waals surface area contributed by atoms with Crippen molar-refractivity contribution < 1.29 is 18.7 Å². The number of nitrogens with one attached hydrogen (secondary N) is 2. The number of hydrogen-bond donors (Lipinski definition) is 2. The van der Waals surface area contributed by atoms with Crippen molar-refractivity contribution in [2.45, 2.75) is 37.0 Å². The van der Waals surface area contributed by atoms with E-state index in [4.69, 9.17) is 9.15 Å². The molecule has 2 aliphatic heterocycles. The predicted octanol–water partition coefficient (Wildman–Crippen LogP) is 2.92. The number of para-hydroxylation sites is 1. The third kappa shape index (κ3) is 3.82. The molecule has 156 valence electrons. The number of thioether (sulfide) groups is 1. The van der Waals surface area contributed by atoms with E-state index in [9.17, 15) is 9.59 Å². The second kappa shape index (κ2) is 8.16. The van der Waals surface area contributed by atoms with Crippen molar-refractivity contribution in [2.24, 2.45) is 0 Å². The van der Waals surface area contributed by atoms with E-state index in [0.29, 0.717) is 17.9 Å². The van der Waals surface area contributed by atoms with Crippen LogP contribution in [-0.2, 0) is 27.6 Å². The molecule has 2 N–H and O–H groups in total. The van der Waals surface area contributed by atoms with Gasteiger partial charge >= 0.3 is 0 Å². The number of furan rings is 1. The molecule has 0 radical (unpaired) electrons. The monoisotopic (exact) mass is 426 g/mol. The molecule has 1 aromatic carbocycles. The highest BCUT2D eigenvalue weighted by Gasteiger charge is 2.26. The molecule has 0 saturated carbocycles. The number of carbonyl (C=O) groups excluding carboxylic acids is 2. The Morgan fingerprint density at radius 3 is 3.00 bits per heavy atom. The highest BCUT2D eigenvalue weighted by Crippen LogP contribution is 2.35. The molecule has 30 heavy (non-hydrogen) atoms. The van der Waals surface area contributed by atoms with Gasteiger partial charge in [-0.3, -0.25) is 9.59 Å². The van der Waals surface area contributed by atoms with Crippen molar-refractivity contribution in [3.63, 3.8) is 0 Å². The molecule has 1 atom stereocenters. The van der Waals surface area contributed by atoms with Crippen molar-refractivity contribution in [2.75, 3.05) is 18.5 Å². The SMILES string of the molecule is O=C(Cn1nc2c(c1NC(=O)c1cc3ccccc3o1)CSC2)NC[C@H]1CCCO1. The predicted molar refractivity (Wildman–Crippen MR) is 113 cm³/mol. The van der Waals surface area contributed by atoms with Crippen LogP contribution in [0, 0.1) is 0 Å². The van der Waals surface area contributed by atoms with Crippen LogP contribution < -0.4 is 10.6 Å². The van der Waals surface area contributed by atoms with Crippen molar-refractivity contribution in [3.8, 4) is 0 Å². The van der Waals surface area contributed by atoms with Crippen molar-refractivity contribution in [1.29, 1.82) is 0 Å². The van der Waals surface area contributed by atoms with Crippen LogP contribution >= 0.6 is 11.8 Å². The van der Waals surface area contributed by atoms with Crippen molar-refractivity contribution in [3.05, 3.63) is 47.3 Å². The van der Waals surface area contributed by atoms with Gasteiger partial charge in [-0.1, -0.05) is 18.2 Å². The molecule has 2 aliphatic rings. The lowest BCUT2D eigenvalue weighted by Crippen LogP contribution is -2.34. The molecule has 4 heterocycles.